The van der Waals surface area contributed by atoms with E-state index in [-0.39, 0.29) is 0 Å². The minimum absolute atomic E-state index is 0.312. The fourth-order valence-corrected chi connectivity index (χ4v) is 1.76. The maximum Gasteiger partial charge on any atom is 0.119 e. The van der Waals surface area contributed by atoms with Crippen molar-refractivity contribution < 1.29 is 4.74 Å². The Morgan fingerprint density at radius 2 is 2.00 bits per heavy atom. The van der Waals surface area contributed by atoms with Crippen LogP contribution in [0, 0.1) is 17.2 Å². The van der Waals surface area contributed by atoms with E-state index in [1.807, 2.05) is 12.1 Å². The van der Waals surface area contributed by atoms with Gasteiger partial charge in [0.15, 0.2) is 0 Å². The summed E-state index contributed by atoms with van der Waals surface area (Å²) in [6.45, 7) is 0.757. The molecule has 15 heavy (non-hydrogen) atoms. The maximum atomic E-state index is 8.63. The zero-order valence-corrected chi connectivity index (χ0v) is 8.52. The molecule has 1 aromatic carbocycles. The highest BCUT2D eigenvalue weighted by atomic mass is 16.5. The Labute approximate surface area is 89.5 Å². The summed E-state index contributed by atoms with van der Waals surface area (Å²) >= 11 is 0. The molecular formula is C12H14N2O. The topological polar surface area (TPSA) is 59.0 Å². The summed E-state index contributed by atoms with van der Waals surface area (Å²) in [6.07, 6.45) is 2.42. The molecule has 3 heteroatoms. The van der Waals surface area contributed by atoms with Crippen molar-refractivity contribution in [2.24, 2.45) is 11.7 Å². The van der Waals surface area contributed by atoms with Crippen LogP contribution in [0.4, 0.5) is 0 Å². The van der Waals surface area contributed by atoms with E-state index < -0.39 is 0 Å². The molecule has 0 aromatic heterocycles. The summed E-state index contributed by atoms with van der Waals surface area (Å²) in [5.41, 5.74) is 6.20. The molecule has 0 bridgehead atoms. The summed E-state index contributed by atoms with van der Waals surface area (Å²) in [6, 6.07) is 9.31. The molecule has 0 amide bonds. The van der Waals surface area contributed by atoms with Crippen molar-refractivity contribution in [2.45, 2.75) is 18.9 Å². The highest BCUT2D eigenvalue weighted by Gasteiger charge is 2.29. The quantitative estimate of drug-likeness (QED) is 0.811. The normalized spacial score (nSPS) is 24.0. The SMILES string of the molecule is N#Cc1ccc(OC2CC(CN)C2)cc1. The number of nitrogens with zero attached hydrogens (tertiary/aromatic N) is 1. The summed E-state index contributed by atoms with van der Waals surface area (Å²) in [5, 5.41) is 8.63. The Bertz CT molecular complexity index is 360. The van der Waals surface area contributed by atoms with Gasteiger partial charge < -0.3 is 10.5 Å². The number of benzene rings is 1. The van der Waals surface area contributed by atoms with E-state index >= 15 is 0 Å². The molecule has 0 radical (unpaired) electrons. The fraction of sp³-hybridized carbons (Fsp3) is 0.417. The van der Waals surface area contributed by atoms with Gasteiger partial charge in [-0.2, -0.15) is 5.26 Å². The van der Waals surface area contributed by atoms with E-state index in [9.17, 15) is 0 Å². The lowest BCUT2D eigenvalue weighted by atomic mass is 9.82. The first-order chi connectivity index (χ1) is 7.31. The number of hydrogen-bond donors (Lipinski definition) is 1. The first kappa shape index (κ1) is 10.0. The van der Waals surface area contributed by atoms with Gasteiger partial charge in [0.05, 0.1) is 17.7 Å². The average Bonchev–Trinajstić information content (AvgIpc) is 2.23. The van der Waals surface area contributed by atoms with E-state index in [2.05, 4.69) is 6.07 Å². The zero-order valence-electron chi connectivity index (χ0n) is 8.52. The lowest BCUT2D eigenvalue weighted by Crippen LogP contribution is -2.37. The van der Waals surface area contributed by atoms with E-state index in [0.29, 0.717) is 17.6 Å². The van der Waals surface area contributed by atoms with Crippen molar-refractivity contribution in [1.82, 2.24) is 0 Å². The summed E-state index contributed by atoms with van der Waals surface area (Å²) < 4.78 is 5.72. The number of ether oxygens (including phenoxy) is 1. The first-order valence-electron chi connectivity index (χ1n) is 5.18. The highest BCUT2D eigenvalue weighted by molar-refractivity contribution is 5.34. The second-order valence-corrected chi connectivity index (χ2v) is 3.95. The van der Waals surface area contributed by atoms with E-state index in [1.165, 1.54) is 0 Å². The fourth-order valence-electron chi connectivity index (χ4n) is 1.76. The third-order valence-corrected chi connectivity index (χ3v) is 2.81. The largest absolute Gasteiger partial charge is 0.490 e. The molecule has 1 fully saturated rings. The summed E-state index contributed by atoms with van der Waals surface area (Å²) in [7, 11) is 0. The predicted octanol–water partition coefficient (Wildman–Crippen LogP) is 1.67. The lowest BCUT2D eigenvalue weighted by Gasteiger charge is -2.34. The van der Waals surface area contributed by atoms with Crippen LogP contribution in [0.5, 0.6) is 5.75 Å². The number of hydrogen-bond acceptors (Lipinski definition) is 3. The molecule has 1 aliphatic carbocycles. The van der Waals surface area contributed by atoms with Gasteiger partial charge in [-0.3, -0.25) is 0 Å². The Kier molecular flexibility index (Phi) is 2.89. The molecule has 1 aromatic rings. The van der Waals surface area contributed by atoms with Gasteiger partial charge >= 0.3 is 0 Å². The third kappa shape index (κ3) is 2.28. The van der Waals surface area contributed by atoms with E-state index in [1.54, 1.807) is 12.1 Å². The second kappa shape index (κ2) is 4.33. The molecule has 0 unspecified atom stereocenters. The summed E-state index contributed by atoms with van der Waals surface area (Å²) in [5.74, 6) is 1.47. The van der Waals surface area contributed by atoms with Crippen LogP contribution in [0.25, 0.3) is 0 Å². The molecule has 3 nitrogen and oxygen atoms in total. The lowest BCUT2D eigenvalue weighted by molar-refractivity contribution is 0.0690. The molecule has 1 aliphatic rings. The van der Waals surface area contributed by atoms with Gasteiger partial charge in [0.2, 0.25) is 0 Å². The molecule has 2 rings (SSSR count). The Morgan fingerprint density at radius 3 is 2.53 bits per heavy atom. The van der Waals surface area contributed by atoms with Crippen molar-refractivity contribution in [3.05, 3.63) is 29.8 Å². The smallest absolute Gasteiger partial charge is 0.119 e. The molecule has 0 aliphatic heterocycles. The minimum Gasteiger partial charge on any atom is -0.490 e. The minimum atomic E-state index is 0.312. The van der Waals surface area contributed by atoms with Crippen LogP contribution in [0.1, 0.15) is 18.4 Å². The number of rotatable bonds is 3. The molecule has 0 spiro atoms. The van der Waals surface area contributed by atoms with Crippen LogP contribution in [-0.4, -0.2) is 12.6 Å². The highest BCUT2D eigenvalue weighted by Crippen LogP contribution is 2.30. The average molecular weight is 202 g/mol. The predicted molar refractivity (Wildman–Crippen MR) is 57.4 cm³/mol. The molecule has 0 atom stereocenters. The van der Waals surface area contributed by atoms with Crippen LogP contribution < -0.4 is 10.5 Å². The van der Waals surface area contributed by atoms with Gasteiger partial charge in [-0.25, -0.2) is 0 Å². The molecule has 2 N–H and O–H groups in total. The van der Waals surface area contributed by atoms with Crippen molar-refractivity contribution in [1.29, 1.82) is 5.26 Å². The Hall–Kier alpha value is -1.53. The van der Waals surface area contributed by atoms with Gasteiger partial charge in [-0.15, -0.1) is 0 Å². The van der Waals surface area contributed by atoms with Gasteiger partial charge in [0.1, 0.15) is 5.75 Å². The zero-order chi connectivity index (χ0) is 10.7. The number of nitrogens with two attached hydrogens (primary N) is 1. The maximum absolute atomic E-state index is 8.63. The van der Waals surface area contributed by atoms with E-state index in [4.69, 9.17) is 15.7 Å². The third-order valence-electron chi connectivity index (χ3n) is 2.81. The Balaban J connectivity index is 1.87. The molecule has 1 saturated carbocycles. The molecule has 78 valence electrons. The van der Waals surface area contributed by atoms with Crippen LogP contribution in [0.15, 0.2) is 24.3 Å². The van der Waals surface area contributed by atoms with Crippen LogP contribution in [0.3, 0.4) is 0 Å². The molecule has 0 heterocycles. The number of nitriles is 1. The summed E-state index contributed by atoms with van der Waals surface area (Å²) in [4.78, 5) is 0. The Morgan fingerprint density at radius 1 is 1.33 bits per heavy atom. The first-order valence-corrected chi connectivity index (χ1v) is 5.18. The van der Waals surface area contributed by atoms with Gasteiger partial charge in [0.25, 0.3) is 0 Å². The van der Waals surface area contributed by atoms with Crippen LogP contribution in [-0.2, 0) is 0 Å². The monoisotopic (exact) mass is 202 g/mol. The van der Waals surface area contributed by atoms with Crippen LogP contribution >= 0.6 is 0 Å². The van der Waals surface area contributed by atoms with Gasteiger partial charge in [-0.1, -0.05) is 0 Å². The van der Waals surface area contributed by atoms with Gasteiger partial charge in [-0.05, 0) is 49.6 Å². The van der Waals surface area contributed by atoms with Crippen molar-refractivity contribution in [3.63, 3.8) is 0 Å². The van der Waals surface area contributed by atoms with Crippen molar-refractivity contribution in [2.75, 3.05) is 6.54 Å². The molecular weight excluding hydrogens is 188 g/mol. The van der Waals surface area contributed by atoms with Gasteiger partial charge in [0, 0.05) is 0 Å². The van der Waals surface area contributed by atoms with Crippen molar-refractivity contribution >= 4 is 0 Å². The van der Waals surface area contributed by atoms with E-state index in [0.717, 1.165) is 25.1 Å². The second-order valence-electron chi connectivity index (χ2n) is 3.95. The van der Waals surface area contributed by atoms with Crippen LogP contribution in [0.2, 0.25) is 0 Å². The molecule has 0 saturated heterocycles. The standard InChI is InChI=1S/C12H14N2O/c13-7-9-1-3-11(4-2-9)15-12-5-10(6-12)8-14/h1-4,10,12H,5-6,8,14H2. The van der Waals surface area contributed by atoms with Crippen molar-refractivity contribution in [3.8, 4) is 11.8 Å².